The number of nitrogen functional groups attached to an aromatic ring is 1. The Morgan fingerprint density at radius 2 is 1.74 bits per heavy atom. The molecule has 0 aliphatic carbocycles. The van der Waals surface area contributed by atoms with Crippen LogP contribution in [0.25, 0.3) is 21.9 Å². The van der Waals surface area contributed by atoms with Gasteiger partial charge in [0.15, 0.2) is 0 Å². The van der Waals surface area contributed by atoms with Crippen molar-refractivity contribution in [1.82, 2.24) is 0 Å². The maximum atomic E-state index is 13.2. The van der Waals surface area contributed by atoms with E-state index in [-0.39, 0.29) is 12.4 Å². The Hall–Kier alpha value is -2.88. The number of halogens is 1. The van der Waals surface area contributed by atoms with Gasteiger partial charge in [0.05, 0.1) is 17.9 Å². The van der Waals surface area contributed by atoms with E-state index in [1.165, 1.54) is 12.1 Å². The monoisotopic (exact) mass is 309 g/mol. The van der Waals surface area contributed by atoms with Gasteiger partial charge in [-0.15, -0.1) is 0 Å². The lowest BCUT2D eigenvalue weighted by atomic mass is 9.94. The van der Waals surface area contributed by atoms with Crippen molar-refractivity contribution in [2.24, 2.45) is 0 Å². The van der Waals surface area contributed by atoms with Gasteiger partial charge in [-0.2, -0.15) is 0 Å². The van der Waals surface area contributed by atoms with Gasteiger partial charge in [-0.3, -0.25) is 0 Å². The molecule has 0 bridgehead atoms. The molecule has 0 fully saturated rings. The third-order valence-corrected chi connectivity index (χ3v) is 3.74. The summed E-state index contributed by atoms with van der Waals surface area (Å²) in [6, 6.07) is 15.4. The highest BCUT2D eigenvalue weighted by atomic mass is 19.1. The Kier molecular flexibility index (Phi) is 3.98. The summed E-state index contributed by atoms with van der Waals surface area (Å²) in [6.45, 7) is 2.02. The van der Waals surface area contributed by atoms with Gasteiger partial charge in [-0.05, 0) is 41.6 Å². The number of hydrogen-bond donors (Lipinski definition) is 1. The van der Waals surface area contributed by atoms with Gasteiger partial charge in [0.25, 0.3) is 0 Å². The molecule has 0 radical (unpaired) electrons. The van der Waals surface area contributed by atoms with Crippen LogP contribution in [0, 0.1) is 5.82 Å². The highest BCUT2D eigenvalue weighted by Gasteiger charge is 2.17. The maximum absolute atomic E-state index is 13.2. The van der Waals surface area contributed by atoms with Crippen LogP contribution in [-0.2, 0) is 4.74 Å². The number of ether oxygens (including phenoxy) is 1. The molecule has 0 saturated heterocycles. The number of carbonyl (C=O) groups excluding carboxylic acids is 1. The Morgan fingerprint density at radius 3 is 2.39 bits per heavy atom. The predicted molar refractivity (Wildman–Crippen MR) is 89.7 cm³/mol. The molecule has 0 aromatic heterocycles. The second-order valence-corrected chi connectivity index (χ2v) is 5.16. The van der Waals surface area contributed by atoms with Gasteiger partial charge in [0.1, 0.15) is 5.82 Å². The van der Waals surface area contributed by atoms with Gasteiger partial charge >= 0.3 is 5.97 Å². The SMILES string of the molecule is CCOC(=O)c1cc(-c2ccc(F)cc2)c2ccccc2c1N. The lowest BCUT2D eigenvalue weighted by Crippen LogP contribution is -2.09. The van der Waals surface area contributed by atoms with E-state index in [0.717, 1.165) is 21.9 Å². The number of fused-ring (bicyclic) bond motifs is 1. The first-order valence-corrected chi connectivity index (χ1v) is 7.36. The Balaban J connectivity index is 2.29. The van der Waals surface area contributed by atoms with Crippen molar-refractivity contribution in [3.8, 4) is 11.1 Å². The zero-order valence-electron chi connectivity index (χ0n) is 12.7. The standard InChI is InChI=1S/C19H16FNO2/c1-2-23-19(22)17-11-16(12-7-9-13(20)10-8-12)14-5-3-4-6-15(14)18(17)21/h3-11H,2,21H2,1H3. The molecule has 3 nitrogen and oxygen atoms in total. The molecule has 3 rings (SSSR count). The van der Waals surface area contributed by atoms with Crippen molar-refractivity contribution >= 4 is 22.4 Å². The highest BCUT2D eigenvalue weighted by molar-refractivity contribution is 6.11. The Labute approximate surface area is 133 Å². The number of esters is 1. The maximum Gasteiger partial charge on any atom is 0.340 e. The zero-order chi connectivity index (χ0) is 16.4. The Bertz CT molecular complexity index is 872. The average Bonchev–Trinajstić information content (AvgIpc) is 2.57. The van der Waals surface area contributed by atoms with Gasteiger partial charge in [0.2, 0.25) is 0 Å². The van der Waals surface area contributed by atoms with Crippen LogP contribution in [0.2, 0.25) is 0 Å². The van der Waals surface area contributed by atoms with E-state index in [0.29, 0.717) is 11.3 Å². The van der Waals surface area contributed by atoms with E-state index >= 15 is 0 Å². The summed E-state index contributed by atoms with van der Waals surface area (Å²) in [4.78, 5) is 12.2. The third-order valence-electron chi connectivity index (χ3n) is 3.74. The molecule has 0 amide bonds. The predicted octanol–water partition coefficient (Wildman–Crippen LogP) is 4.40. The van der Waals surface area contributed by atoms with Crippen LogP contribution in [0.4, 0.5) is 10.1 Å². The second-order valence-electron chi connectivity index (χ2n) is 5.16. The van der Waals surface area contributed by atoms with Gasteiger partial charge in [0, 0.05) is 5.39 Å². The normalized spacial score (nSPS) is 10.7. The smallest absolute Gasteiger partial charge is 0.340 e. The van der Waals surface area contributed by atoms with Crippen LogP contribution in [-0.4, -0.2) is 12.6 Å². The third kappa shape index (κ3) is 2.75. The molecule has 3 aromatic carbocycles. The molecule has 0 aliphatic rings. The number of nitrogens with two attached hydrogens (primary N) is 1. The largest absolute Gasteiger partial charge is 0.462 e. The molecular formula is C19H16FNO2. The zero-order valence-corrected chi connectivity index (χ0v) is 12.7. The summed E-state index contributed by atoms with van der Waals surface area (Å²) in [5.74, 6) is -0.766. The molecule has 3 aromatic rings. The van der Waals surface area contributed by atoms with Gasteiger partial charge < -0.3 is 10.5 Å². The van der Waals surface area contributed by atoms with Crippen molar-refractivity contribution in [2.45, 2.75) is 6.92 Å². The molecule has 0 aliphatic heterocycles. The van der Waals surface area contributed by atoms with E-state index in [4.69, 9.17) is 10.5 Å². The topological polar surface area (TPSA) is 52.3 Å². The van der Waals surface area contributed by atoms with Crippen LogP contribution in [0.5, 0.6) is 0 Å². The highest BCUT2D eigenvalue weighted by Crippen LogP contribution is 2.35. The van der Waals surface area contributed by atoms with Gasteiger partial charge in [-0.1, -0.05) is 36.4 Å². The fourth-order valence-electron chi connectivity index (χ4n) is 2.64. The molecular weight excluding hydrogens is 293 g/mol. The quantitative estimate of drug-likeness (QED) is 0.576. The molecule has 0 spiro atoms. The molecule has 0 unspecified atom stereocenters. The number of benzene rings is 3. The van der Waals surface area contributed by atoms with Crippen LogP contribution >= 0.6 is 0 Å². The van der Waals surface area contributed by atoms with Crippen molar-refractivity contribution in [2.75, 3.05) is 12.3 Å². The second kappa shape index (κ2) is 6.08. The summed E-state index contributed by atoms with van der Waals surface area (Å²) < 4.78 is 18.3. The lowest BCUT2D eigenvalue weighted by molar-refractivity contribution is 0.0528. The first kappa shape index (κ1) is 15.0. The number of carbonyl (C=O) groups is 1. The average molecular weight is 309 g/mol. The van der Waals surface area contributed by atoms with Crippen molar-refractivity contribution in [3.05, 3.63) is 66.0 Å². The number of hydrogen-bond acceptors (Lipinski definition) is 3. The van der Waals surface area contributed by atoms with E-state index in [1.807, 2.05) is 24.3 Å². The van der Waals surface area contributed by atoms with Crippen LogP contribution in [0.3, 0.4) is 0 Å². The van der Waals surface area contributed by atoms with Crippen molar-refractivity contribution < 1.29 is 13.9 Å². The van der Waals surface area contributed by atoms with E-state index in [1.54, 1.807) is 25.1 Å². The molecule has 0 heterocycles. The van der Waals surface area contributed by atoms with E-state index in [2.05, 4.69) is 0 Å². The van der Waals surface area contributed by atoms with E-state index < -0.39 is 5.97 Å². The lowest BCUT2D eigenvalue weighted by Gasteiger charge is -2.13. The van der Waals surface area contributed by atoms with Gasteiger partial charge in [-0.25, -0.2) is 9.18 Å². The first-order chi connectivity index (χ1) is 11.1. The fraction of sp³-hybridized carbons (Fsp3) is 0.105. The molecule has 2 N–H and O–H groups in total. The number of rotatable bonds is 3. The van der Waals surface area contributed by atoms with Crippen LogP contribution in [0.15, 0.2) is 54.6 Å². The molecule has 116 valence electrons. The summed E-state index contributed by atoms with van der Waals surface area (Å²) in [7, 11) is 0. The van der Waals surface area contributed by atoms with Crippen molar-refractivity contribution in [3.63, 3.8) is 0 Å². The summed E-state index contributed by atoms with van der Waals surface area (Å²) in [5.41, 5.74) is 8.51. The Morgan fingerprint density at radius 1 is 1.09 bits per heavy atom. The molecule has 4 heteroatoms. The molecule has 0 saturated carbocycles. The molecule has 23 heavy (non-hydrogen) atoms. The first-order valence-electron chi connectivity index (χ1n) is 7.36. The molecule has 0 atom stereocenters. The van der Waals surface area contributed by atoms with E-state index in [9.17, 15) is 9.18 Å². The minimum absolute atomic E-state index is 0.275. The fourth-order valence-corrected chi connectivity index (χ4v) is 2.64. The van der Waals surface area contributed by atoms with Crippen LogP contribution in [0.1, 0.15) is 17.3 Å². The summed E-state index contributed by atoms with van der Waals surface area (Å²) in [6.07, 6.45) is 0. The van der Waals surface area contributed by atoms with Crippen LogP contribution < -0.4 is 5.73 Å². The minimum atomic E-state index is -0.459. The van der Waals surface area contributed by atoms with Crippen molar-refractivity contribution in [1.29, 1.82) is 0 Å². The summed E-state index contributed by atoms with van der Waals surface area (Å²) in [5, 5.41) is 1.68. The number of anilines is 1. The summed E-state index contributed by atoms with van der Waals surface area (Å²) >= 11 is 0. The minimum Gasteiger partial charge on any atom is -0.462 e.